The largest absolute Gasteiger partial charge is 0.355 e. The maximum absolute atomic E-state index is 12.4. The van der Waals surface area contributed by atoms with E-state index in [9.17, 15) is 4.79 Å². The van der Waals surface area contributed by atoms with Crippen molar-refractivity contribution in [2.75, 3.05) is 19.6 Å². The third-order valence-electron chi connectivity index (χ3n) is 4.52. The molecular formula is C17H25ClN2O. The van der Waals surface area contributed by atoms with Crippen LogP contribution in [0, 0.1) is 11.3 Å². The molecule has 0 saturated carbocycles. The molecule has 0 aliphatic carbocycles. The minimum atomic E-state index is -0.312. The highest BCUT2D eigenvalue weighted by molar-refractivity contribution is 6.30. The van der Waals surface area contributed by atoms with E-state index in [-0.39, 0.29) is 11.3 Å². The second-order valence-corrected chi connectivity index (χ2v) is 6.83. The first-order chi connectivity index (χ1) is 10.00. The van der Waals surface area contributed by atoms with Gasteiger partial charge >= 0.3 is 0 Å². The minimum Gasteiger partial charge on any atom is -0.355 e. The Morgan fingerprint density at radius 3 is 2.71 bits per heavy atom. The summed E-state index contributed by atoms with van der Waals surface area (Å²) in [6.45, 7) is 6.80. The summed E-state index contributed by atoms with van der Waals surface area (Å²) < 4.78 is 0. The first kappa shape index (κ1) is 16.3. The number of carbonyl (C=O) groups is 1. The van der Waals surface area contributed by atoms with E-state index in [4.69, 9.17) is 11.6 Å². The van der Waals surface area contributed by atoms with Crippen molar-refractivity contribution in [1.29, 1.82) is 0 Å². The number of nitrogens with one attached hydrogen (secondary N) is 2. The molecule has 1 heterocycles. The van der Waals surface area contributed by atoms with Gasteiger partial charge in [-0.2, -0.15) is 0 Å². The molecule has 0 radical (unpaired) electrons. The van der Waals surface area contributed by atoms with Crippen molar-refractivity contribution >= 4 is 17.5 Å². The number of amides is 1. The summed E-state index contributed by atoms with van der Waals surface area (Å²) in [6, 6.07) is 7.78. The van der Waals surface area contributed by atoms with Crippen molar-refractivity contribution in [1.82, 2.24) is 10.6 Å². The number of carbonyl (C=O) groups excluding carboxylic acids is 1. The fourth-order valence-electron chi connectivity index (χ4n) is 2.85. The molecular weight excluding hydrogens is 284 g/mol. The lowest BCUT2D eigenvalue weighted by atomic mass is 9.74. The first-order valence-corrected chi connectivity index (χ1v) is 8.11. The second kappa shape index (κ2) is 7.28. The van der Waals surface area contributed by atoms with Crippen LogP contribution in [0.25, 0.3) is 0 Å². The fourth-order valence-corrected chi connectivity index (χ4v) is 2.98. The van der Waals surface area contributed by atoms with Crippen LogP contribution in [0.15, 0.2) is 24.3 Å². The van der Waals surface area contributed by atoms with E-state index in [1.54, 1.807) is 0 Å². The average molecular weight is 309 g/mol. The van der Waals surface area contributed by atoms with E-state index in [0.29, 0.717) is 12.5 Å². The number of hydrogen-bond donors (Lipinski definition) is 2. The van der Waals surface area contributed by atoms with Gasteiger partial charge in [0.25, 0.3) is 0 Å². The van der Waals surface area contributed by atoms with Crippen LogP contribution in [-0.2, 0) is 11.2 Å². The van der Waals surface area contributed by atoms with Crippen molar-refractivity contribution in [3.8, 4) is 0 Å². The SMILES string of the molecule is CC(C)(C(=O)NCCc1ccc(Cl)cc1)C1CCCNC1. The maximum atomic E-state index is 12.4. The highest BCUT2D eigenvalue weighted by Gasteiger charge is 2.36. The topological polar surface area (TPSA) is 41.1 Å². The van der Waals surface area contributed by atoms with Crippen molar-refractivity contribution in [2.45, 2.75) is 33.1 Å². The maximum Gasteiger partial charge on any atom is 0.225 e. The van der Waals surface area contributed by atoms with Gasteiger partial charge in [0.15, 0.2) is 0 Å². The molecule has 2 rings (SSSR count). The lowest BCUT2D eigenvalue weighted by Gasteiger charge is -2.36. The molecule has 3 nitrogen and oxygen atoms in total. The summed E-state index contributed by atoms with van der Waals surface area (Å²) in [5.41, 5.74) is 0.879. The summed E-state index contributed by atoms with van der Waals surface area (Å²) in [5.74, 6) is 0.576. The number of piperidine rings is 1. The third kappa shape index (κ3) is 4.45. The van der Waals surface area contributed by atoms with Gasteiger partial charge in [-0.3, -0.25) is 4.79 Å². The van der Waals surface area contributed by atoms with Gasteiger partial charge < -0.3 is 10.6 Å². The molecule has 116 valence electrons. The Hall–Kier alpha value is -1.06. The van der Waals surface area contributed by atoms with E-state index in [1.807, 2.05) is 24.3 Å². The highest BCUT2D eigenvalue weighted by atomic mass is 35.5. The van der Waals surface area contributed by atoms with Gasteiger partial charge in [-0.25, -0.2) is 0 Å². The molecule has 1 amide bonds. The quantitative estimate of drug-likeness (QED) is 0.878. The van der Waals surface area contributed by atoms with E-state index >= 15 is 0 Å². The van der Waals surface area contributed by atoms with Gasteiger partial charge in [-0.15, -0.1) is 0 Å². The highest BCUT2D eigenvalue weighted by Crippen LogP contribution is 2.31. The molecule has 2 N–H and O–H groups in total. The lowest BCUT2D eigenvalue weighted by Crippen LogP contribution is -2.47. The van der Waals surface area contributed by atoms with Crippen LogP contribution < -0.4 is 10.6 Å². The fraction of sp³-hybridized carbons (Fsp3) is 0.588. The Kier molecular flexibility index (Phi) is 5.65. The van der Waals surface area contributed by atoms with Gasteiger partial charge in [0.05, 0.1) is 0 Å². The molecule has 1 aliphatic rings. The van der Waals surface area contributed by atoms with Crippen molar-refractivity contribution in [3.63, 3.8) is 0 Å². The van der Waals surface area contributed by atoms with Crippen LogP contribution in [0.4, 0.5) is 0 Å². The van der Waals surface area contributed by atoms with Crippen LogP contribution in [0.5, 0.6) is 0 Å². The zero-order chi connectivity index (χ0) is 15.3. The Morgan fingerprint density at radius 2 is 2.10 bits per heavy atom. The molecule has 0 bridgehead atoms. The van der Waals surface area contributed by atoms with Gasteiger partial charge in [-0.1, -0.05) is 37.6 Å². The van der Waals surface area contributed by atoms with Crippen LogP contribution >= 0.6 is 11.6 Å². The predicted octanol–water partition coefficient (Wildman–Crippen LogP) is 3.02. The summed E-state index contributed by atoms with van der Waals surface area (Å²) in [5, 5.41) is 7.22. The standard InChI is InChI=1S/C17H25ClN2O/c1-17(2,14-4-3-10-19-12-14)16(21)20-11-9-13-5-7-15(18)8-6-13/h5-8,14,19H,3-4,9-12H2,1-2H3,(H,20,21). The van der Waals surface area contributed by atoms with Gasteiger partial charge in [0.2, 0.25) is 5.91 Å². The monoisotopic (exact) mass is 308 g/mol. The Balaban J connectivity index is 1.81. The zero-order valence-electron chi connectivity index (χ0n) is 12.9. The third-order valence-corrected chi connectivity index (χ3v) is 4.77. The summed E-state index contributed by atoms with van der Waals surface area (Å²) in [7, 11) is 0. The second-order valence-electron chi connectivity index (χ2n) is 6.40. The van der Waals surface area contributed by atoms with Gasteiger partial charge in [0.1, 0.15) is 0 Å². The molecule has 1 atom stereocenters. The zero-order valence-corrected chi connectivity index (χ0v) is 13.7. The molecule has 1 saturated heterocycles. The number of hydrogen-bond acceptors (Lipinski definition) is 2. The van der Waals surface area contributed by atoms with Crippen LogP contribution in [0.1, 0.15) is 32.3 Å². The van der Waals surface area contributed by atoms with Crippen LogP contribution in [0.2, 0.25) is 5.02 Å². The molecule has 1 unspecified atom stereocenters. The normalized spacial score (nSPS) is 19.3. The van der Waals surface area contributed by atoms with Crippen molar-refractivity contribution < 1.29 is 4.79 Å². The number of rotatable bonds is 5. The Labute approximate surface area is 132 Å². The number of benzene rings is 1. The molecule has 0 spiro atoms. The Bertz CT molecular complexity index is 464. The van der Waals surface area contributed by atoms with E-state index in [0.717, 1.165) is 37.4 Å². The van der Waals surface area contributed by atoms with Crippen molar-refractivity contribution in [3.05, 3.63) is 34.9 Å². The summed E-state index contributed by atoms with van der Waals surface area (Å²) in [6.07, 6.45) is 3.12. The molecule has 21 heavy (non-hydrogen) atoms. The average Bonchev–Trinajstić information content (AvgIpc) is 2.50. The van der Waals surface area contributed by atoms with Crippen molar-refractivity contribution in [2.24, 2.45) is 11.3 Å². The Morgan fingerprint density at radius 1 is 1.38 bits per heavy atom. The van der Waals surface area contributed by atoms with E-state index in [2.05, 4.69) is 24.5 Å². The van der Waals surface area contributed by atoms with Gasteiger partial charge in [-0.05, 0) is 56.0 Å². The van der Waals surface area contributed by atoms with E-state index < -0.39 is 0 Å². The summed E-state index contributed by atoms with van der Waals surface area (Å²) in [4.78, 5) is 12.4. The molecule has 1 aliphatic heterocycles. The number of halogens is 1. The van der Waals surface area contributed by atoms with Gasteiger partial charge in [0, 0.05) is 17.0 Å². The molecule has 1 aromatic rings. The molecule has 1 fully saturated rings. The first-order valence-electron chi connectivity index (χ1n) is 7.73. The lowest BCUT2D eigenvalue weighted by molar-refractivity contribution is -0.132. The predicted molar refractivity (Wildman–Crippen MR) is 87.5 cm³/mol. The molecule has 4 heteroatoms. The minimum absolute atomic E-state index is 0.158. The van der Waals surface area contributed by atoms with Crippen LogP contribution in [-0.4, -0.2) is 25.5 Å². The smallest absolute Gasteiger partial charge is 0.225 e. The summed E-state index contributed by atoms with van der Waals surface area (Å²) >= 11 is 5.87. The molecule has 1 aromatic carbocycles. The van der Waals surface area contributed by atoms with E-state index in [1.165, 1.54) is 5.56 Å². The van der Waals surface area contributed by atoms with Crippen LogP contribution in [0.3, 0.4) is 0 Å². The molecule has 0 aromatic heterocycles.